The third-order valence-corrected chi connectivity index (χ3v) is 4.71. The van der Waals surface area contributed by atoms with E-state index in [9.17, 15) is 9.59 Å². The third-order valence-electron chi connectivity index (χ3n) is 4.71. The average Bonchev–Trinajstić information content (AvgIpc) is 3.47. The minimum Gasteiger partial charge on any atom is -0.327 e. The zero-order chi connectivity index (χ0) is 17.4. The van der Waals surface area contributed by atoms with Crippen LogP contribution in [0.3, 0.4) is 0 Å². The smallest absolute Gasteiger partial charge is 0.257 e. The molecule has 0 spiro atoms. The highest BCUT2D eigenvalue weighted by Gasteiger charge is 2.30. The molecule has 0 atom stereocenters. The molecule has 2 aliphatic rings. The molecule has 1 aromatic carbocycles. The topological polar surface area (TPSA) is 66.4 Å². The molecule has 0 bridgehead atoms. The third kappa shape index (κ3) is 3.24. The van der Waals surface area contributed by atoms with Crippen molar-refractivity contribution < 1.29 is 9.59 Å². The maximum Gasteiger partial charge on any atom is 0.257 e. The molecule has 4 rings (SSSR count). The molecule has 128 valence electrons. The Labute approximate surface area is 146 Å². The van der Waals surface area contributed by atoms with Gasteiger partial charge in [-0.25, -0.2) is 9.97 Å². The summed E-state index contributed by atoms with van der Waals surface area (Å²) in [6.07, 6.45) is 5.42. The molecule has 2 amide bonds. The second-order valence-electron chi connectivity index (χ2n) is 6.71. The normalized spacial score (nSPS) is 17.7. The van der Waals surface area contributed by atoms with Crippen LogP contribution < -0.4 is 4.90 Å². The van der Waals surface area contributed by atoms with Gasteiger partial charge >= 0.3 is 0 Å². The molecule has 6 nitrogen and oxygen atoms in total. The van der Waals surface area contributed by atoms with Gasteiger partial charge in [-0.1, -0.05) is 17.7 Å². The summed E-state index contributed by atoms with van der Waals surface area (Å²) in [5.41, 5.74) is 2.47. The molecule has 1 aliphatic carbocycles. The summed E-state index contributed by atoms with van der Waals surface area (Å²) in [5.74, 6) is 1.03. The Balaban J connectivity index is 1.43. The Morgan fingerprint density at radius 1 is 1.08 bits per heavy atom. The zero-order valence-corrected chi connectivity index (χ0v) is 14.2. The Bertz CT molecular complexity index is 797. The maximum absolute atomic E-state index is 12.6. The molecule has 0 unspecified atom stereocenters. The van der Waals surface area contributed by atoms with Crippen molar-refractivity contribution in [1.82, 2.24) is 14.9 Å². The van der Waals surface area contributed by atoms with E-state index in [-0.39, 0.29) is 18.4 Å². The first-order valence-electron chi connectivity index (χ1n) is 8.60. The molecule has 1 aliphatic heterocycles. The number of hydrogen-bond donors (Lipinski definition) is 0. The number of nitrogens with zero attached hydrogens (tertiary/aromatic N) is 4. The maximum atomic E-state index is 12.6. The zero-order valence-electron chi connectivity index (χ0n) is 14.2. The summed E-state index contributed by atoms with van der Waals surface area (Å²) in [6.45, 7) is 3.09. The van der Waals surface area contributed by atoms with Crippen LogP contribution in [0.15, 0.2) is 36.7 Å². The lowest BCUT2D eigenvalue weighted by Crippen LogP contribution is -2.52. The van der Waals surface area contributed by atoms with Gasteiger partial charge in [-0.3, -0.25) is 9.59 Å². The summed E-state index contributed by atoms with van der Waals surface area (Å²) in [4.78, 5) is 37.0. The summed E-state index contributed by atoms with van der Waals surface area (Å²) < 4.78 is 0. The molecule has 2 aromatic rings. The van der Waals surface area contributed by atoms with Gasteiger partial charge in [0.15, 0.2) is 0 Å². The molecule has 1 saturated carbocycles. The van der Waals surface area contributed by atoms with E-state index in [4.69, 9.17) is 0 Å². The van der Waals surface area contributed by atoms with Crippen LogP contribution >= 0.6 is 0 Å². The predicted octanol–water partition coefficient (Wildman–Crippen LogP) is 2.15. The average molecular weight is 336 g/mol. The van der Waals surface area contributed by atoms with Crippen LogP contribution in [0.2, 0.25) is 0 Å². The van der Waals surface area contributed by atoms with Crippen LogP contribution in [0.25, 0.3) is 0 Å². The minimum atomic E-state index is -0.181. The predicted molar refractivity (Wildman–Crippen MR) is 93.4 cm³/mol. The number of aryl methyl sites for hydroxylation is 1. The van der Waals surface area contributed by atoms with E-state index in [0.717, 1.165) is 29.9 Å². The van der Waals surface area contributed by atoms with E-state index in [1.165, 1.54) is 0 Å². The van der Waals surface area contributed by atoms with Crippen molar-refractivity contribution in [2.45, 2.75) is 25.7 Å². The molecule has 25 heavy (non-hydrogen) atoms. The van der Waals surface area contributed by atoms with Gasteiger partial charge in [-0.15, -0.1) is 0 Å². The van der Waals surface area contributed by atoms with E-state index >= 15 is 0 Å². The van der Waals surface area contributed by atoms with Gasteiger partial charge in [0.25, 0.3) is 5.91 Å². The van der Waals surface area contributed by atoms with Gasteiger partial charge in [-0.2, -0.15) is 0 Å². The van der Waals surface area contributed by atoms with Gasteiger partial charge < -0.3 is 9.80 Å². The first-order valence-corrected chi connectivity index (χ1v) is 8.60. The summed E-state index contributed by atoms with van der Waals surface area (Å²) in [7, 11) is 0. The number of carbonyl (C=O) groups is 2. The Hall–Kier alpha value is -2.76. The lowest BCUT2D eigenvalue weighted by atomic mass is 10.2. The van der Waals surface area contributed by atoms with Crippen molar-refractivity contribution >= 4 is 17.5 Å². The van der Waals surface area contributed by atoms with Gasteiger partial charge in [-0.05, 0) is 31.9 Å². The molecule has 1 saturated heterocycles. The molecular weight excluding hydrogens is 316 g/mol. The fraction of sp³-hybridized carbons (Fsp3) is 0.368. The molecular formula is C19H20N4O2. The molecule has 1 aromatic heterocycles. The quantitative estimate of drug-likeness (QED) is 0.861. The summed E-state index contributed by atoms with van der Waals surface area (Å²) >= 11 is 0. The van der Waals surface area contributed by atoms with Crippen LogP contribution in [-0.2, 0) is 4.79 Å². The lowest BCUT2D eigenvalue weighted by Gasteiger charge is -2.34. The first kappa shape index (κ1) is 15.7. The van der Waals surface area contributed by atoms with Crippen molar-refractivity contribution in [3.05, 3.63) is 53.6 Å². The van der Waals surface area contributed by atoms with E-state index in [1.807, 2.05) is 31.2 Å². The van der Waals surface area contributed by atoms with Crippen LogP contribution in [0.4, 0.5) is 5.69 Å². The van der Waals surface area contributed by atoms with Crippen molar-refractivity contribution in [2.75, 3.05) is 24.5 Å². The van der Waals surface area contributed by atoms with Crippen LogP contribution in [0.5, 0.6) is 0 Å². The van der Waals surface area contributed by atoms with E-state index in [2.05, 4.69) is 9.97 Å². The molecule has 0 radical (unpaired) electrons. The molecule has 2 fully saturated rings. The van der Waals surface area contributed by atoms with Gasteiger partial charge in [0.2, 0.25) is 5.91 Å². The van der Waals surface area contributed by atoms with Crippen LogP contribution in [0, 0.1) is 6.92 Å². The highest BCUT2D eigenvalue weighted by molar-refractivity contribution is 6.01. The van der Waals surface area contributed by atoms with Gasteiger partial charge in [0, 0.05) is 37.1 Å². The monoisotopic (exact) mass is 336 g/mol. The Morgan fingerprint density at radius 3 is 2.36 bits per heavy atom. The van der Waals surface area contributed by atoms with Crippen molar-refractivity contribution in [3.63, 3.8) is 0 Å². The number of anilines is 1. The van der Waals surface area contributed by atoms with Gasteiger partial charge in [0.1, 0.15) is 12.4 Å². The highest BCUT2D eigenvalue weighted by Crippen LogP contribution is 2.37. The molecule has 0 N–H and O–H groups in total. The summed E-state index contributed by atoms with van der Waals surface area (Å²) in [5, 5.41) is 0. The number of piperazine rings is 1. The number of benzene rings is 1. The van der Waals surface area contributed by atoms with E-state index in [1.54, 1.807) is 22.2 Å². The van der Waals surface area contributed by atoms with Crippen LogP contribution in [-0.4, -0.2) is 46.3 Å². The van der Waals surface area contributed by atoms with E-state index in [0.29, 0.717) is 24.6 Å². The molecule has 2 heterocycles. The number of amides is 2. The largest absolute Gasteiger partial charge is 0.327 e. The minimum absolute atomic E-state index is 0.0704. The first-order chi connectivity index (χ1) is 12.1. The standard InChI is InChI=1S/C19H20N4O2/c1-13-2-6-16(7-3-13)23-9-8-22(12-17(23)24)19(25)15-10-20-18(21-11-15)14-4-5-14/h2-3,6-7,10-11,14H,4-5,8-9,12H2,1H3. The fourth-order valence-electron chi connectivity index (χ4n) is 3.03. The number of carbonyl (C=O) groups excluding carboxylic acids is 2. The summed E-state index contributed by atoms with van der Waals surface area (Å²) in [6, 6.07) is 7.85. The lowest BCUT2D eigenvalue weighted by molar-refractivity contribution is -0.120. The van der Waals surface area contributed by atoms with Crippen molar-refractivity contribution in [1.29, 1.82) is 0 Å². The number of hydrogen-bond acceptors (Lipinski definition) is 4. The van der Waals surface area contributed by atoms with E-state index < -0.39 is 0 Å². The second-order valence-corrected chi connectivity index (χ2v) is 6.71. The Kier molecular flexibility index (Phi) is 3.95. The number of rotatable bonds is 3. The number of aromatic nitrogens is 2. The Morgan fingerprint density at radius 2 is 1.76 bits per heavy atom. The fourth-order valence-corrected chi connectivity index (χ4v) is 3.03. The van der Waals surface area contributed by atoms with Gasteiger partial charge in [0.05, 0.1) is 5.56 Å². The highest BCUT2D eigenvalue weighted by atomic mass is 16.2. The second kappa shape index (κ2) is 6.27. The SMILES string of the molecule is Cc1ccc(N2CCN(C(=O)c3cnc(C4CC4)nc3)CC2=O)cc1. The van der Waals surface area contributed by atoms with Crippen LogP contribution in [0.1, 0.15) is 40.5 Å². The molecule has 6 heteroatoms. The van der Waals surface area contributed by atoms with Crippen molar-refractivity contribution in [3.8, 4) is 0 Å². The van der Waals surface area contributed by atoms with Crippen molar-refractivity contribution in [2.24, 2.45) is 0 Å².